The Morgan fingerprint density at radius 2 is 1.68 bits per heavy atom. The van der Waals surface area contributed by atoms with Gasteiger partial charge in [0.2, 0.25) is 12.5 Å². The first-order valence-electron chi connectivity index (χ1n) is 8.81. The van der Waals surface area contributed by atoms with Crippen molar-refractivity contribution in [2.24, 2.45) is 4.99 Å². The van der Waals surface area contributed by atoms with Crippen molar-refractivity contribution in [3.8, 4) is 28.7 Å². The van der Waals surface area contributed by atoms with E-state index in [1.165, 1.54) is 0 Å². The zero-order valence-electron chi connectivity index (χ0n) is 16.5. The summed E-state index contributed by atoms with van der Waals surface area (Å²) in [6.45, 7) is 1.37. The Morgan fingerprint density at radius 1 is 0.929 bits per heavy atom. The second-order valence-corrected chi connectivity index (χ2v) is 5.96. The summed E-state index contributed by atoms with van der Waals surface area (Å²) in [7, 11) is 6.51. The maximum atomic E-state index is 5.52. The molecule has 2 aromatic rings. The maximum Gasteiger partial charge on any atom is 0.231 e. The Hall–Kier alpha value is -3.29. The quantitative estimate of drug-likeness (QED) is 0.557. The molecule has 1 aliphatic rings. The summed E-state index contributed by atoms with van der Waals surface area (Å²) in [5, 5.41) is 6.56. The summed E-state index contributed by atoms with van der Waals surface area (Å²) in [6.07, 6.45) is 0. The lowest BCUT2D eigenvalue weighted by Gasteiger charge is -2.17. The third kappa shape index (κ3) is 4.16. The van der Waals surface area contributed by atoms with Crippen LogP contribution >= 0.6 is 0 Å². The SMILES string of the molecule is CN=C(NCc1ccc2c(c1)OCO2)NCc1ccc(OC)c(OC)c1OC. The van der Waals surface area contributed by atoms with Gasteiger partial charge in [-0.05, 0) is 29.8 Å². The van der Waals surface area contributed by atoms with Crippen LogP contribution in [0.3, 0.4) is 0 Å². The zero-order chi connectivity index (χ0) is 19.9. The first-order valence-corrected chi connectivity index (χ1v) is 8.81. The molecule has 0 aromatic heterocycles. The Morgan fingerprint density at radius 3 is 2.39 bits per heavy atom. The number of fused-ring (bicyclic) bond motifs is 1. The van der Waals surface area contributed by atoms with Gasteiger partial charge < -0.3 is 34.3 Å². The third-order valence-corrected chi connectivity index (χ3v) is 4.35. The van der Waals surface area contributed by atoms with Gasteiger partial charge in [0, 0.05) is 25.7 Å². The van der Waals surface area contributed by atoms with Crippen LogP contribution in [0.15, 0.2) is 35.3 Å². The molecule has 0 fully saturated rings. The molecular weight excluding hydrogens is 362 g/mol. The Labute approximate surface area is 164 Å². The van der Waals surface area contributed by atoms with Crippen molar-refractivity contribution in [1.82, 2.24) is 10.6 Å². The van der Waals surface area contributed by atoms with Crippen LogP contribution in [0.4, 0.5) is 0 Å². The molecule has 2 aromatic carbocycles. The normalized spacial score (nSPS) is 12.5. The molecule has 150 valence electrons. The molecule has 0 saturated heterocycles. The van der Waals surface area contributed by atoms with E-state index in [-0.39, 0.29) is 6.79 Å². The summed E-state index contributed by atoms with van der Waals surface area (Å²) < 4.78 is 27.0. The molecule has 8 nitrogen and oxygen atoms in total. The van der Waals surface area contributed by atoms with Crippen LogP contribution in [-0.4, -0.2) is 41.1 Å². The number of hydrogen-bond acceptors (Lipinski definition) is 6. The molecule has 0 atom stereocenters. The van der Waals surface area contributed by atoms with E-state index in [4.69, 9.17) is 23.7 Å². The predicted molar refractivity (Wildman–Crippen MR) is 106 cm³/mol. The highest BCUT2D eigenvalue weighted by atomic mass is 16.7. The fourth-order valence-corrected chi connectivity index (χ4v) is 2.94. The zero-order valence-corrected chi connectivity index (χ0v) is 16.5. The minimum atomic E-state index is 0.266. The average Bonchev–Trinajstić information content (AvgIpc) is 3.20. The lowest BCUT2D eigenvalue weighted by molar-refractivity contribution is 0.174. The molecule has 0 amide bonds. The van der Waals surface area contributed by atoms with Crippen molar-refractivity contribution in [3.05, 3.63) is 41.5 Å². The minimum Gasteiger partial charge on any atom is -0.493 e. The Kier molecular flexibility index (Phi) is 6.31. The van der Waals surface area contributed by atoms with Gasteiger partial charge in [0.15, 0.2) is 29.0 Å². The molecule has 2 N–H and O–H groups in total. The van der Waals surface area contributed by atoms with E-state index >= 15 is 0 Å². The van der Waals surface area contributed by atoms with Crippen LogP contribution in [0, 0.1) is 0 Å². The van der Waals surface area contributed by atoms with Gasteiger partial charge in [-0.1, -0.05) is 6.07 Å². The molecule has 0 saturated carbocycles. The fourth-order valence-electron chi connectivity index (χ4n) is 2.94. The lowest BCUT2D eigenvalue weighted by Crippen LogP contribution is -2.36. The molecular formula is C20H25N3O5. The van der Waals surface area contributed by atoms with Crippen molar-refractivity contribution in [2.75, 3.05) is 35.2 Å². The number of benzene rings is 2. The van der Waals surface area contributed by atoms with Crippen LogP contribution in [0.5, 0.6) is 28.7 Å². The Balaban J connectivity index is 1.63. The highest BCUT2D eigenvalue weighted by Gasteiger charge is 2.16. The molecule has 0 unspecified atom stereocenters. The molecule has 1 aliphatic heterocycles. The van der Waals surface area contributed by atoms with E-state index in [1.807, 2.05) is 30.3 Å². The first kappa shape index (κ1) is 19.5. The van der Waals surface area contributed by atoms with Crippen molar-refractivity contribution in [3.63, 3.8) is 0 Å². The number of nitrogens with one attached hydrogen (secondary N) is 2. The smallest absolute Gasteiger partial charge is 0.231 e. The maximum absolute atomic E-state index is 5.52. The van der Waals surface area contributed by atoms with Gasteiger partial charge in [-0.15, -0.1) is 0 Å². The number of hydrogen-bond donors (Lipinski definition) is 2. The summed E-state index contributed by atoms with van der Waals surface area (Å²) >= 11 is 0. The van der Waals surface area contributed by atoms with E-state index in [0.29, 0.717) is 36.3 Å². The molecule has 3 rings (SSSR count). The molecule has 0 spiro atoms. The number of ether oxygens (including phenoxy) is 5. The number of nitrogens with zero attached hydrogens (tertiary/aromatic N) is 1. The van der Waals surface area contributed by atoms with Crippen molar-refractivity contribution < 1.29 is 23.7 Å². The van der Waals surface area contributed by atoms with E-state index in [2.05, 4.69) is 15.6 Å². The molecule has 0 bridgehead atoms. The molecule has 1 heterocycles. The van der Waals surface area contributed by atoms with E-state index in [0.717, 1.165) is 22.6 Å². The highest BCUT2D eigenvalue weighted by Crippen LogP contribution is 2.39. The van der Waals surface area contributed by atoms with Crippen molar-refractivity contribution >= 4 is 5.96 Å². The van der Waals surface area contributed by atoms with Gasteiger partial charge in [-0.25, -0.2) is 0 Å². The van der Waals surface area contributed by atoms with E-state index < -0.39 is 0 Å². The summed E-state index contributed by atoms with van der Waals surface area (Å²) in [4.78, 5) is 4.26. The van der Waals surface area contributed by atoms with Crippen molar-refractivity contribution in [2.45, 2.75) is 13.1 Å². The van der Waals surface area contributed by atoms with Crippen LogP contribution in [0.25, 0.3) is 0 Å². The van der Waals surface area contributed by atoms with Gasteiger partial charge in [-0.2, -0.15) is 0 Å². The molecule has 0 radical (unpaired) electrons. The molecule has 8 heteroatoms. The first-order chi connectivity index (χ1) is 13.7. The topological polar surface area (TPSA) is 82.6 Å². The van der Waals surface area contributed by atoms with Gasteiger partial charge in [0.05, 0.1) is 21.3 Å². The van der Waals surface area contributed by atoms with Gasteiger partial charge in [0.1, 0.15) is 0 Å². The van der Waals surface area contributed by atoms with E-state index in [9.17, 15) is 0 Å². The van der Waals surface area contributed by atoms with Crippen molar-refractivity contribution in [1.29, 1.82) is 0 Å². The van der Waals surface area contributed by atoms with Crippen LogP contribution < -0.4 is 34.3 Å². The second-order valence-electron chi connectivity index (χ2n) is 5.96. The van der Waals surface area contributed by atoms with Crippen LogP contribution in [-0.2, 0) is 13.1 Å². The highest BCUT2D eigenvalue weighted by molar-refractivity contribution is 5.79. The number of guanidine groups is 1. The van der Waals surface area contributed by atoms with Crippen LogP contribution in [0.1, 0.15) is 11.1 Å². The lowest BCUT2D eigenvalue weighted by atomic mass is 10.1. The molecule has 28 heavy (non-hydrogen) atoms. The van der Waals surface area contributed by atoms with Gasteiger partial charge >= 0.3 is 0 Å². The second kappa shape index (κ2) is 9.07. The van der Waals surface area contributed by atoms with E-state index in [1.54, 1.807) is 28.4 Å². The summed E-state index contributed by atoms with van der Waals surface area (Å²) in [5.41, 5.74) is 1.99. The summed E-state index contributed by atoms with van der Waals surface area (Å²) in [6, 6.07) is 9.63. The number of rotatable bonds is 7. The monoisotopic (exact) mass is 387 g/mol. The summed E-state index contributed by atoms with van der Waals surface area (Å²) in [5.74, 6) is 4.00. The average molecular weight is 387 g/mol. The molecule has 0 aliphatic carbocycles. The largest absolute Gasteiger partial charge is 0.493 e. The van der Waals surface area contributed by atoms with Gasteiger partial charge in [-0.3, -0.25) is 4.99 Å². The van der Waals surface area contributed by atoms with Crippen LogP contribution in [0.2, 0.25) is 0 Å². The predicted octanol–water partition coefficient (Wildman–Crippen LogP) is 2.31. The fraction of sp³-hybridized carbons (Fsp3) is 0.350. The number of aliphatic imine (C=N–C) groups is 1. The minimum absolute atomic E-state index is 0.266. The van der Waals surface area contributed by atoms with Gasteiger partial charge in [0.25, 0.3) is 0 Å². The Bertz CT molecular complexity index is 854. The third-order valence-electron chi connectivity index (χ3n) is 4.35. The number of methoxy groups -OCH3 is 3. The standard InChI is InChI=1S/C20H25N3O5/c1-21-20(22-10-13-5-7-15-17(9-13)28-12-27-15)23-11-14-6-8-16(24-2)19(26-4)18(14)25-3/h5-9H,10-12H2,1-4H3,(H2,21,22,23).